The second kappa shape index (κ2) is 9.68. The van der Waals surface area contributed by atoms with Crippen molar-refractivity contribution < 1.29 is 4.79 Å². The fourth-order valence-electron chi connectivity index (χ4n) is 1.68. The van der Waals surface area contributed by atoms with Gasteiger partial charge in [-0.1, -0.05) is 6.07 Å². The van der Waals surface area contributed by atoms with E-state index in [1.165, 1.54) is 11.3 Å². The summed E-state index contributed by atoms with van der Waals surface area (Å²) in [5.41, 5.74) is 6.84. The minimum atomic E-state index is -0.0795. The Morgan fingerprint density at radius 1 is 1.38 bits per heavy atom. The molecule has 0 saturated carbocycles. The number of nitrogens with zero attached hydrogens (tertiary/aromatic N) is 3. The van der Waals surface area contributed by atoms with Crippen molar-refractivity contribution in [2.75, 3.05) is 6.54 Å². The molecule has 21 heavy (non-hydrogen) atoms. The van der Waals surface area contributed by atoms with Crippen molar-refractivity contribution in [2.24, 2.45) is 5.73 Å². The van der Waals surface area contributed by atoms with Crippen LogP contribution in [-0.4, -0.2) is 27.3 Å². The lowest BCUT2D eigenvalue weighted by Crippen LogP contribution is -2.30. The highest BCUT2D eigenvalue weighted by molar-refractivity contribution is 7.09. The van der Waals surface area contributed by atoms with Gasteiger partial charge in [0.1, 0.15) is 10.7 Å². The fraction of sp³-hybridized carbons (Fsp3) is 0.308. The third-order valence-electron chi connectivity index (χ3n) is 2.69. The maximum atomic E-state index is 12.3. The molecule has 2 aromatic rings. The molecule has 0 aromatic carbocycles. The van der Waals surface area contributed by atoms with E-state index in [1.807, 2.05) is 25.1 Å². The third kappa shape index (κ3) is 5.24. The van der Waals surface area contributed by atoms with Crippen molar-refractivity contribution in [3.05, 3.63) is 46.2 Å². The van der Waals surface area contributed by atoms with Crippen molar-refractivity contribution in [3.8, 4) is 0 Å². The van der Waals surface area contributed by atoms with E-state index in [9.17, 15) is 4.79 Å². The molecule has 0 spiro atoms. The molecule has 116 valence electrons. The average molecular weight is 349 g/mol. The topological polar surface area (TPSA) is 72.1 Å². The van der Waals surface area contributed by atoms with Gasteiger partial charge in [-0.25, -0.2) is 4.98 Å². The van der Waals surface area contributed by atoms with Crippen molar-refractivity contribution in [1.82, 2.24) is 14.9 Å². The van der Waals surface area contributed by atoms with Crippen molar-refractivity contribution in [3.63, 3.8) is 0 Å². The van der Waals surface area contributed by atoms with Gasteiger partial charge in [-0.2, -0.15) is 0 Å². The zero-order valence-corrected chi connectivity index (χ0v) is 14.0. The van der Waals surface area contributed by atoms with E-state index in [2.05, 4.69) is 9.97 Å². The number of halogens is 2. The molecule has 0 aliphatic rings. The van der Waals surface area contributed by atoms with Gasteiger partial charge in [0.15, 0.2) is 0 Å². The molecule has 0 bridgehead atoms. The monoisotopic (exact) mass is 348 g/mol. The largest absolute Gasteiger partial charge is 0.332 e. The number of thiazole rings is 1. The lowest BCUT2D eigenvalue weighted by atomic mass is 10.3. The lowest BCUT2D eigenvalue weighted by Gasteiger charge is -2.19. The van der Waals surface area contributed by atoms with E-state index in [0.717, 1.165) is 10.7 Å². The third-order valence-corrected chi connectivity index (χ3v) is 3.56. The molecule has 0 atom stereocenters. The molecule has 1 amide bonds. The summed E-state index contributed by atoms with van der Waals surface area (Å²) in [6.45, 7) is 3.41. The highest BCUT2D eigenvalue weighted by atomic mass is 35.5. The van der Waals surface area contributed by atoms with E-state index >= 15 is 0 Å². The molecule has 2 aromatic heterocycles. The molecule has 0 unspecified atom stereocenters. The van der Waals surface area contributed by atoms with Crippen LogP contribution in [0.5, 0.6) is 0 Å². The van der Waals surface area contributed by atoms with Gasteiger partial charge in [0.2, 0.25) is 0 Å². The van der Waals surface area contributed by atoms with Crippen molar-refractivity contribution >= 4 is 42.1 Å². The zero-order chi connectivity index (χ0) is 13.7. The van der Waals surface area contributed by atoms with E-state index in [4.69, 9.17) is 5.73 Å². The predicted molar refractivity (Wildman–Crippen MR) is 89.2 cm³/mol. The number of carbonyl (C=O) groups is 1. The Hall–Kier alpha value is -1.21. The summed E-state index contributed by atoms with van der Waals surface area (Å²) in [5.74, 6) is -0.0795. The van der Waals surface area contributed by atoms with Gasteiger partial charge in [0.25, 0.3) is 5.91 Å². The highest BCUT2D eigenvalue weighted by Crippen LogP contribution is 2.12. The first-order valence-corrected chi connectivity index (χ1v) is 6.96. The molecule has 8 heteroatoms. The quantitative estimate of drug-likeness (QED) is 0.900. The molecule has 0 aliphatic heterocycles. The molecule has 0 radical (unpaired) electrons. The van der Waals surface area contributed by atoms with Crippen LogP contribution in [0.25, 0.3) is 0 Å². The van der Waals surface area contributed by atoms with Crippen LogP contribution < -0.4 is 5.73 Å². The fourth-order valence-corrected chi connectivity index (χ4v) is 2.33. The number of hydrogen-bond acceptors (Lipinski definition) is 5. The Labute approximate surface area is 140 Å². The Morgan fingerprint density at radius 3 is 2.67 bits per heavy atom. The minimum Gasteiger partial charge on any atom is -0.332 e. The normalized spacial score (nSPS) is 9.43. The number of amides is 1. The van der Waals surface area contributed by atoms with E-state index in [1.54, 1.807) is 16.5 Å². The number of aromatic nitrogens is 2. The highest BCUT2D eigenvalue weighted by Gasteiger charge is 2.17. The Balaban J connectivity index is 0.00000200. The molecule has 0 aliphatic carbocycles. The van der Waals surface area contributed by atoms with Gasteiger partial charge in [-0.3, -0.25) is 9.78 Å². The first-order valence-electron chi connectivity index (χ1n) is 6.08. The minimum absolute atomic E-state index is 0. The van der Waals surface area contributed by atoms with Crippen LogP contribution >= 0.6 is 36.2 Å². The maximum absolute atomic E-state index is 12.3. The lowest BCUT2D eigenvalue weighted by molar-refractivity contribution is 0.0745. The second-order valence-corrected chi connectivity index (χ2v) is 4.91. The molecule has 0 fully saturated rings. The van der Waals surface area contributed by atoms with Gasteiger partial charge < -0.3 is 10.6 Å². The molecule has 2 heterocycles. The Morgan fingerprint density at radius 2 is 2.14 bits per heavy atom. The summed E-state index contributed by atoms with van der Waals surface area (Å²) < 4.78 is 0. The van der Waals surface area contributed by atoms with Crippen LogP contribution in [0.15, 0.2) is 29.8 Å². The zero-order valence-electron chi connectivity index (χ0n) is 11.6. The van der Waals surface area contributed by atoms with Crippen molar-refractivity contribution in [2.45, 2.75) is 20.0 Å². The summed E-state index contributed by atoms with van der Waals surface area (Å²) in [4.78, 5) is 22.5. The summed E-state index contributed by atoms with van der Waals surface area (Å²) in [7, 11) is 0. The Bertz CT molecular complexity index is 550. The van der Waals surface area contributed by atoms with Crippen LogP contribution in [0.3, 0.4) is 0 Å². The molecular weight excluding hydrogens is 331 g/mol. The summed E-state index contributed by atoms with van der Waals surface area (Å²) in [5, 5.41) is 2.53. The first-order chi connectivity index (χ1) is 9.24. The smallest absolute Gasteiger partial charge is 0.273 e. The van der Waals surface area contributed by atoms with Gasteiger partial charge in [0, 0.05) is 24.7 Å². The summed E-state index contributed by atoms with van der Waals surface area (Å²) in [6, 6.07) is 5.67. The van der Waals surface area contributed by atoms with Crippen LogP contribution in [0.2, 0.25) is 0 Å². The molecule has 2 rings (SSSR count). The van der Waals surface area contributed by atoms with Crippen LogP contribution in [0, 0.1) is 0 Å². The van der Waals surface area contributed by atoms with Gasteiger partial charge in [0.05, 0.1) is 12.2 Å². The van der Waals surface area contributed by atoms with Crippen LogP contribution in [-0.2, 0) is 13.1 Å². The van der Waals surface area contributed by atoms with Gasteiger partial charge in [-0.15, -0.1) is 36.2 Å². The number of hydrogen-bond donors (Lipinski definition) is 1. The van der Waals surface area contributed by atoms with Crippen molar-refractivity contribution in [1.29, 1.82) is 0 Å². The molecule has 0 saturated heterocycles. The van der Waals surface area contributed by atoms with Crippen LogP contribution in [0.1, 0.15) is 28.1 Å². The van der Waals surface area contributed by atoms with Gasteiger partial charge in [-0.05, 0) is 19.1 Å². The summed E-state index contributed by atoms with van der Waals surface area (Å²) >= 11 is 1.41. The molecular formula is C13H18Cl2N4OS. The van der Waals surface area contributed by atoms with E-state index < -0.39 is 0 Å². The van der Waals surface area contributed by atoms with E-state index in [-0.39, 0.29) is 30.7 Å². The van der Waals surface area contributed by atoms with Gasteiger partial charge >= 0.3 is 0 Å². The summed E-state index contributed by atoms with van der Waals surface area (Å²) in [6.07, 6.45) is 1.73. The van der Waals surface area contributed by atoms with Crippen LogP contribution in [0.4, 0.5) is 0 Å². The average Bonchev–Trinajstić information content (AvgIpc) is 2.94. The maximum Gasteiger partial charge on any atom is 0.273 e. The number of pyridine rings is 1. The number of rotatable bonds is 5. The molecule has 5 nitrogen and oxygen atoms in total. The number of nitrogens with two attached hydrogens (primary N) is 1. The van der Waals surface area contributed by atoms with E-state index in [0.29, 0.717) is 25.3 Å². The second-order valence-electron chi connectivity index (χ2n) is 3.97. The number of carbonyl (C=O) groups excluding carboxylic acids is 1. The Kier molecular flexibility index (Phi) is 9.12. The molecule has 2 N–H and O–H groups in total. The standard InChI is InChI=1S/C13H16N4OS.2ClH/c1-2-17(8-10-5-3-4-6-15-10)13(18)11-9-19-12(7-14)16-11;;/h3-6,9H,2,7-8,14H2,1H3;2*1H. The first kappa shape index (κ1) is 19.8. The SMILES string of the molecule is CCN(Cc1ccccn1)C(=O)c1csc(CN)n1.Cl.Cl. The predicted octanol–water partition coefficient (Wildman–Crippen LogP) is 2.50.